The number of allylic oxidation sites excluding steroid dienone is 4. The molecular weight excluding hydrogens is 587 g/mol. The maximum Gasteiger partial charge on any atom is 0.237 e. The summed E-state index contributed by atoms with van der Waals surface area (Å²) < 4.78 is 6.38. The first-order valence-corrected chi connectivity index (χ1v) is 15.2. The van der Waals surface area contributed by atoms with E-state index in [9.17, 15) is 9.59 Å². The molecule has 1 unspecified atom stereocenters. The van der Waals surface area contributed by atoms with Crippen LogP contribution in [-0.4, -0.2) is 18.1 Å². The average Bonchev–Trinajstić information content (AvgIpc) is 3.22. The minimum absolute atomic E-state index is 0.151. The lowest BCUT2D eigenvalue weighted by Crippen LogP contribution is -2.59. The molecule has 4 atom stereocenters. The maximum atomic E-state index is 14.3. The lowest BCUT2D eigenvalue weighted by Gasteiger charge is -2.49. The smallest absolute Gasteiger partial charge is 0.237 e. The number of piperidine rings is 1. The minimum atomic E-state index is -1.18. The van der Waals surface area contributed by atoms with Crippen LogP contribution in [0.15, 0.2) is 88.8 Å². The van der Waals surface area contributed by atoms with Crippen LogP contribution < -0.4 is 15.4 Å². The highest BCUT2D eigenvalue weighted by Crippen LogP contribution is 2.58. The number of rotatable bonds is 5. The van der Waals surface area contributed by atoms with Crippen LogP contribution in [0.1, 0.15) is 30.0 Å². The van der Waals surface area contributed by atoms with Crippen molar-refractivity contribution >= 4 is 64.1 Å². The van der Waals surface area contributed by atoms with Crippen LogP contribution in [0.2, 0.25) is 10.0 Å². The molecule has 3 aromatic rings. The van der Waals surface area contributed by atoms with Crippen molar-refractivity contribution in [3.05, 3.63) is 105 Å². The van der Waals surface area contributed by atoms with Gasteiger partial charge in [-0.3, -0.25) is 9.59 Å². The first kappa shape index (κ1) is 27.3. The van der Waals surface area contributed by atoms with Crippen LogP contribution >= 0.6 is 46.6 Å². The van der Waals surface area contributed by atoms with Crippen molar-refractivity contribution in [3.63, 3.8) is 0 Å². The Kier molecular flexibility index (Phi) is 7.38. The van der Waals surface area contributed by atoms with Gasteiger partial charge < -0.3 is 15.4 Å². The van der Waals surface area contributed by atoms with Crippen molar-refractivity contribution in [1.29, 1.82) is 0 Å². The van der Waals surface area contributed by atoms with E-state index in [0.717, 1.165) is 10.5 Å². The maximum absolute atomic E-state index is 14.3. The number of hydrogen-bond donors (Lipinski definition) is 2. The third-order valence-electron chi connectivity index (χ3n) is 7.96. The molecule has 2 heterocycles. The van der Waals surface area contributed by atoms with E-state index in [1.165, 1.54) is 0 Å². The topological polar surface area (TPSA) is 67.4 Å². The predicted molar refractivity (Wildman–Crippen MR) is 162 cm³/mol. The van der Waals surface area contributed by atoms with Crippen molar-refractivity contribution in [3.8, 4) is 11.5 Å². The van der Waals surface area contributed by atoms with E-state index in [0.29, 0.717) is 44.2 Å². The summed E-state index contributed by atoms with van der Waals surface area (Å²) >= 11 is 21.0. The van der Waals surface area contributed by atoms with Gasteiger partial charge in [-0.1, -0.05) is 53.0 Å². The van der Waals surface area contributed by atoms with Gasteiger partial charge in [-0.15, -0.1) is 11.8 Å². The number of thioether (sulfide) groups is 1. The molecule has 6 rings (SSSR count). The number of fused-ring (bicyclic) bond motifs is 2. The zero-order chi connectivity index (χ0) is 28.0. The monoisotopic (exact) mass is 610 g/mol. The lowest BCUT2D eigenvalue weighted by atomic mass is 9.57. The highest BCUT2D eigenvalue weighted by atomic mass is 35.5. The van der Waals surface area contributed by atoms with Gasteiger partial charge in [0, 0.05) is 37.6 Å². The summed E-state index contributed by atoms with van der Waals surface area (Å²) in [4.78, 5) is 28.8. The highest BCUT2D eigenvalue weighted by Gasteiger charge is 2.62. The van der Waals surface area contributed by atoms with Gasteiger partial charge in [-0.25, -0.2) is 0 Å². The number of amides is 2. The van der Waals surface area contributed by atoms with Crippen LogP contribution in [0.5, 0.6) is 11.5 Å². The van der Waals surface area contributed by atoms with E-state index < -0.39 is 17.4 Å². The zero-order valence-electron chi connectivity index (χ0n) is 21.4. The Morgan fingerprint density at radius 1 is 0.950 bits per heavy atom. The van der Waals surface area contributed by atoms with Crippen molar-refractivity contribution in [2.45, 2.75) is 29.2 Å². The zero-order valence-corrected chi connectivity index (χ0v) is 24.5. The molecule has 0 aromatic heterocycles. The summed E-state index contributed by atoms with van der Waals surface area (Å²) in [5, 5.41) is 7.88. The van der Waals surface area contributed by atoms with Gasteiger partial charge in [-0.05, 0) is 90.7 Å². The standard InChI is InChI=1S/C31H25Cl3N2O3S/c1-40-22-9-7-21(8-10-22)39-27-12-6-19(33)14-23(27)29-31(24-11-5-20(34)15-26(24)35-30(31)38)25(16-28(37)36-29)17-3-2-4-18(32)13-17/h2-12,14-15,17,25,29H,13,16H2,1H3,(H,35,38)(H,36,37)/t17?,25-,29-,31-/m0/s1. The molecule has 1 spiro atoms. The van der Waals surface area contributed by atoms with E-state index in [1.807, 2.05) is 54.8 Å². The number of anilines is 1. The van der Waals surface area contributed by atoms with Crippen molar-refractivity contribution in [1.82, 2.24) is 5.32 Å². The first-order valence-electron chi connectivity index (χ1n) is 12.8. The number of nitrogens with one attached hydrogen (secondary N) is 2. The van der Waals surface area contributed by atoms with Gasteiger partial charge in [0.2, 0.25) is 11.8 Å². The Bertz CT molecular complexity index is 1570. The summed E-state index contributed by atoms with van der Waals surface area (Å²) in [7, 11) is 0. The van der Waals surface area contributed by atoms with Gasteiger partial charge in [0.25, 0.3) is 0 Å². The number of hydrogen-bond acceptors (Lipinski definition) is 4. The van der Waals surface area contributed by atoms with Crippen molar-refractivity contribution in [2.24, 2.45) is 11.8 Å². The third-order valence-corrected chi connectivity index (χ3v) is 9.45. The van der Waals surface area contributed by atoms with E-state index in [1.54, 1.807) is 42.1 Å². The molecule has 1 fully saturated rings. The molecular formula is C31H25Cl3N2O3S. The third kappa shape index (κ3) is 4.71. The molecule has 9 heteroatoms. The normalized spacial score (nSPS) is 25.3. The van der Waals surface area contributed by atoms with Crippen LogP contribution in [-0.2, 0) is 15.0 Å². The lowest BCUT2D eigenvalue weighted by molar-refractivity contribution is -0.135. The van der Waals surface area contributed by atoms with Gasteiger partial charge in [0.1, 0.15) is 16.9 Å². The summed E-state index contributed by atoms with van der Waals surface area (Å²) in [6.45, 7) is 0. The number of benzene rings is 3. The molecule has 2 amide bonds. The summed E-state index contributed by atoms with van der Waals surface area (Å²) in [6, 6.07) is 17.7. The van der Waals surface area contributed by atoms with Gasteiger partial charge in [0.05, 0.1) is 6.04 Å². The second-order valence-corrected chi connectivity index (χ2v) is 12.4. The second-order valence-electron chi connectivity index (χ2n) is 10.2. The Balaban J connectivity index is 1.54. The summed E-state index contributed by atoms with van der Waals surface area (Å²) in [5.74, 6) is 0.198. The predicted octanol–water partition coefficient (Wildman–Crippen LogP) is 8.27. The van der Waals surface area contributed by atoms with Crippen molar-refractivity contribution in [2.75, 3.05) is 11.6 Å². The minimum Gasteiger partial charge on any atom is -0.457 e. The summed E-state index contributed by atoms with van der Waals surface area (Å²) in [5.41, 5.74) is 0.829. The number of carbonyl (C=O) groups excluding carboxylic acids is 2. The first-order chi connectivity index (χ1) is 19.3. The van der Waals surface area contributed by atoms with E-state index in [4.69, 9.17) is 39.5 Å². The van der Waals surface area contributed by atoms with E-state index >= 15 is 0 Å². The molecule has 5 nitrogen and oxygen atoms in total. The SMILES string of the molecule is CSc1ccc(Oc2ccc(Cl)cc2[C@@H]2NC(=O)C[C@@H](C3C=CC=C(Cl)C3)[C@]23C(=O)Nc2cc(Cl)ccc23)cc1. The van der Waals surface area contributed by atoms with E-state index in [-0.39, 0.29) is 24.2 Å². The molecule has 1 aliphatic carbocycles. The highest BCUT2D eigenvalue weighted by molar-refractivity contribution is 7.98. The molecule has 3 aromatic carbocycles. The molecule has 0 radical (unpaired) electrons. The molecule has 0 bridgehead atoms. The van der Waals surface area contributed by atoms with Crippen LogP contribution in [0.3, 0.4) is 0 Å². The second kappa shape index (κ2) is 10.8. The van der Waals surface area contributed by atoms with Crippen LogP contribution in [0.4, 0.5) is 5.69 Å². The van der Waals surface area contributed by atoms with Crippen molar-refractivity contribution < 1.29 is 14.3 Å². The Hall–Kier alpha value is -2.90. The fourth-order valence-electron chi connectivity index (χ4n) is 6.25. The van der Waals surface area contributed by atoms with Crippen LogP contribution in [0, 0.1) is 11.8 Å². The van der Waals surface area contributed by atoms with Crippen LogP contribution in [0.25, 0.3) is 0 Å². The fourth-order valence-corrected chi connectivity index (χ4v) is 7.26. The Labute approximate surface area is 251 Å². The Morgan fingerprint density at radius 3 is 2.45 bits per heavy atom. The van der Waals surface area contributed by atoms with E-state index in [2.05, 4.69) is 10.6 Å². The summed E-state index contributed by atoms with van der Waals surface area (Å²) in [6.07, 6.45) is 8.47. The number of carbonyl (C=O) groups is 2. The fraction of sp³-hybridized carbons (Fsp3) is 0.226. The number of ether oxygens (including phenoxy) is 1. The molecule has 0 saturated carbocycles. The van der Waals surface area contributed by atoms with Gasteiger partial charge >= 0.3 is 0 Å². The average molecular weight is 612 g/mol. The van der Waals surface area contributed by atoms with Gasteiger partial charge in [0.15, 0.2) is 0 Å². The molecule has 204 valence electrons. The Morgan fingerprint density at radius 2 is 1.70 bits per heavy atom. The number of halogens is 3. The molecule has 1 saturated heterocycles. The largest absolute Gasteiger partial charge is 0.457 e. The molecule has 2 N–H and O–H groups in total. The molecule has 2 aliphatic heterocycles. The quantitative estimate of drug-likeness (QED) is 0.285. The molecule has 40 heavy (non-hydrogen) atoms. The van der Waals surface area contributed by atoms with Gasteiger partial charge in [-0.2, -0.15) is 0 Å². The molecule has 3 aliphatic rings.